The van der Waals surface area contributed by atoms with Gasteiger partial charge in [-0.3, -0.25) is 14.5 Å². The molecule has 0 atom stereocenters. The van der Waals surface area contributed by atoms with Gasteiger partial charge in [0.2, 0.25) is 0 Å². The number of aryl methyl sites for hydroxylation is 1. The van der Waals surface area contributed by atoms with Crippen LogP contribution in [0.1, 0.15) is 22.5 Å². The van der Waals surface area contributed by atoms with Crippen molar-refractivity contribution in [2.75, 3.05) is 0 Å². The van der Waals surface area contributed by atoms with Crippen LogP contribution in [0.5, 0.6) is 0 Å². The summed E-state index contributed by atoms with van der Waals surface area (Å²) in [6.07, 6.45) is 1.74. The summed E-state index contributed by atoms with van der Waals surface area (Å²) >= 11 is 25.3. The highest BCUT2D eigenvalue weighted by atomic mass is 35.5. The SMILES string of the molecule is Cc1cc(/C=C2\SC(=O)N(Cc3ccc(Cl)cc3Cl)C2=O)c(C)n1-c1ccc(Cl)c(Cl)c1. The van der Waals surface area contributed by atoms with Crippen molar-refractivity contribution in [3.8, 4) is 5.69 Å². The van der Waals surface area contributed by atoms with Gasteiger partial charge in [-0.15, -0.1) is 0 Å². The molecule has 0 N–H and O–H groups in total. The molecule has 2 amide bonds. The van der Waals surface area contributed by atoms with Crippen molar-refractivity contribution in [2.45, 2.75) is 20.4 Å². The van der Waals surface area contributed by atoms with Crippen LogP contribution in [0.2, 0.25) is 20.1 Å². The smallest absolute Gasteiger partial charge is 0.293 e. The van der Waals surface area contributed by atoms with E-state index in [9.17, 15) is 9.59 Å². The van der Waals surface area contributed by atoms with Gasteiger partial charge in [0.05, 0.1) is 21.5 Å². The Hall–Kier alpha value is -1.89. The van der Waals surface area contributed by atoms with Gasteiger partial charge in [-0.1, -0.05) is 52.5 Å². The molecule has 9 heteroatoms. The Kier molecular flexibility index (Phi) is 6.66. The lowest BCUT2D eigenvalue weighted by Gasteiger charge is -2.13. The summed E-state index contributed by atoms with van der Waals surface area (Å²) in [5.41, 5.74) is 4.22. The van der Waals surface area contributed by atoms with E-state index in [0.29, 0.717) is 30.6 Å². The zero-order chi connectivity index (χ0) is 23.2. The lowest BCUT2D eigenvalue weighted by Crippen LogP contribution is -2.27. The molecule has 2 heterocycles. The Balaban J connectivity index is 1.64. The number of imide groups is 1. The van der Waals surface area contributed by atoms with Crippen LogP contribution in [-0.4, -0.2) is 20.6 Å². The molecule has 0 radical (unpaired) electrons. The number of aromatic nitrogens is 1. The summed E-state index contributed by atoms with van der Waals surface area (Å²) < 4.78 is 2.02. The molecule has 164 valence electrons. The number of nitrogens with zero attached hydrogens (tertiary/aromatic N) is 2. The lowest BCUT2D eigenvalue weighted by atomic mass is 10.2. The second kappa shape index (κ2) is 9.16. The van der Waals surface area contributed by atoms with Gasteiger partial charge in [0.1, 0.15) is 0 Å². The standard InChI is InChI=1S/C23H16Cl4N2O2S/c1-12-7-15(13(2)29(12)17-5-6-18(25)20(27)10-17)8-21-22(30)28(23(31)32-21)11-14-3-4-16(24)9-19(14)26/h3-10H,11H2,1-2H3/b21-8-. The van der Waals surface area contributed by atoms with E-state index in [0.717, 1.165) is 34.4 Å². The predicted molar refractivity (Wildman–Crippen MR) is 133 cm³/mol. The highest BCUT2D eigenvalue weighted by Crippen LogP contribution is 2.36. The number of hydrogen-bond acceptors (Lipinski definition) is 3. The largest absolute Gasteiger partial charge is 0.318 e. The third kappa shape index (κ3) is 4.45. The quantitative estimate of drug-likeness (QED) is 0.324. The number of rotatable bonds is 4. The fraction of sp³-hybridized carbons (Fsp3) is 0.130. The van der Waals surface area contributed by atoms with E-state index in [2.05, 4.69) is 0 Å². The molecule has 3 aromatic rings. The molecule has 0 spiro atoms. The first-order valence-electron chi connectivity index (χ1n) is 9.49. The van der Waals surface area contributed by atoms with Gasteiger partial charge < -0.3 is 4.57 Å². The van der Waals surface area contributed by atoms with Crippen LogP contribution in [0.3, 0.4) is 0 Å². The van der Waals surface area contributed by atoms with Crippen LogP contribution >= 0.6 is 58.2 Å². The van der Waals surface area contributed by atoms with Crippen LogP contribution in [0.15, 0.2) is 47.4 Å². The number of carbonyl (C=O) groups excluding carboxylic acids is 2. The number of carbonyl (C=O) groups is 2. The molecular formula is C23H16Cl4N2O2S. The average Bonchev–Trinajstić information content (AvgIpc) is 3.15. The second-order valence-electron chi connectivity index (χ2n) is 7.26. The molecule has 0 unspecified atom stereocenters. The van der Waals surface area contributed by atoms with Crippen LogP contribution in [0.4, 0.5) is 4.79 Å². The molecule has 32 heavy (non-hydrogen) atoms. The van der Waals surface area contributed by atoms with Gasteiger partial charge in [0.15, 0.2) is 0 Å². The molecule has 2 aromatic carbocycles. The molecular weight excluding hydrogens is 510 g/mol. The fourth-order valence-corrected chi connectivity index (χ4v) is 5.14. The summed E-state index contributed by atoms with van der Waals surface area (Å²) in [4.78, 5) is 27.0. The Morgan fingerprint density at radius 2 is 1.66 bits per heavy atom. The molecule has 0 bridgehead atoms. The first-order valence-corrected chi connectivity index (χ1v) is 11.8. The van der Waals surface area contributed by atoms with E-state index in [1.807, 2.05) is 30.5 Å². The van der Waals surface area contributed by atoms with Crippen molar-refractivity contribution in [2.24, 2.45) is 0 Å². The Labute approximate surface area is 209 Å². The maximum absolute atomic E-state index is 13.0. The third-order valence-electron chi connectivity index (χ3n) is 5.14. The predicted octanol–water partition coefficient (Wildman–Crippen LogP) is 7.94. The Morgan fingerprint density at radius 1 is 0.906 bits per heavy atom. The first kappa shape index (κ1) is 23.3. The van der Waals surface area contributed by atoms with Crippen molar-refractivity contribution in [3.05, 3.63) is 90.0 Å². The van der Waals surface area contributed by atoms with Crippen LogP contribution in [0.25, 0.3) is 11.8 Å². The maximum atomic E-state index is 13.0. The van der Waals surface area contributed by atoms with Crippen molar-refractivity contribution in [1.82, 2.24) is 9.47 Å². The van der Waals surface area contributed by atoms with E-state index in [1.165, 1.54) is 4.90 Å². The molecule has 1 aliphatic heterocycles. The lowest BCUT2D eigenvalue weighted by molar-refractivity contribution is -0.123. The molecule has 0 aliphatic carbocycles. The molecule has 1 aliphatic rings. The van der Waals surface area contributed by atoms with Crippen molar-refractivity contribution in [1.29, 1.82) is 0 Å². The minimum Gasteiger partial charge on any atom is -0.318 e. The Bertz CT molecular complexity index is 1300. The average molecular weight is 526 g/mol. The molecule has 1 aromatic heterocycles. The van der Waals surface area contributed by atoms with Gasteiger partial charge in [-0.25, -0.2) is 0 Å². The van der Waals surface area contributed by atoms with E-state index in [1.54, 1.807) is 36.4 Å². The molecule has 4 rings (SSSR count). The summed E-state index contributed by atoms with van der Waals surface area (Å²) in [5.74, 6) is -0.356. The maximum Gasteiger partial charge on any atom is 0.293 e. The summed E-state index contributed by atoms with van der Waals surface area (Å²) in [6, 6.07) is 12.3. The summed E-state index contributed by atoms with van der Waals surface area (Å²) in [7, 11) is 0. The molecule has 4 nitrogen and oxygen atoms in total. The highest BCUT2D eigenvalue weighted by molar-refractivity contribution is 8.18. The second-order valence-corrected chi connectivity index (χ2v) is 9.92. The Morgan fingerprint density at radius 3 is 2.34 bits per heavy atom. The van der Waals surface area contributed by atoms with Gasteiger partial charge in [0.25, 0.3) is 11.1 Å². The van der Waals surface area contributed by atoms with Gasteiger partial charge >= 0.3 is 0 Å². The number of halogens is 4. The number of amides is 2. The fourth-order valence-electron chi connectivity index (χ4n) is 3.55. The molecule has 0 saturated carbocycles. The normalized spacial score (nSPS) is 15.3. The van der Waals surface area contributed by atoms with Gasteiger partial charge in [-0.05, 0) is 79.2 Å². The van der Waals surface area contributed by atoms with E-state index < -0.39 is 0 Å². The van der Waals surface area contributed by atoms with Crippen molar-refractivity contribution in [3.63, 3.8) is 0 Å². The first-order chi connectivity index (χ1) is 15.2. The number of benzene rings is 2. The van der Waals surface area contributed by atoms with E-state index >= 15 is 0 Å². The number of hydrogen-bond donors (Lipinski definition) is 0. The van der Waals surface area contributed by atoms with Crippen LogP contribution < -0.4 is 0 Å². The van der Waals surface area contributed by atoms with Crippen molar-refractivity contribution < 1.29 is 9.59 Å². The monoisotopic (exact) mass is 524 g/mol. The van der Waals surface area contributed by atoms with Crippen LogP contribution in [-0.2, 0) is 11.3 Å². The molecule has 1 saturated heterocycles. The summed E-state index contributed by atoms with van der Waals surface area (Å²) in [6.45, 7) is 3.99. The van der Waals surface area contributed by atoms with E-state index in [-0.39, 0.29) is 17.7 Å². The third-order valence-corrected chi connectivity index (χ3v) is 7.37. The topological polar surface area (TPSA) is 42.3 Å². The summed E-state index contributed by atoms with van der Waals surface area (Å²) in [5, 5.41) is 1.49. The minimum atomic E-state index is -0.356. The van der Waals surface area contributed by atoms with Gasteiger partial charge in [0, 0.05) is 27.1 Å². The highest BCUT2D eigenvalue weighted by Gasteiger charge is 2.35. The van der Waals surface area contributed by atoms with Crippen molar-refractivity contribution >= 4 is 75.4 Å². The van der Waals surface area contributed by atoms with E-state index in [4.69, 9.17) is 46.4 Å². The zero-order valence-corrected chi connectivity index (χ0v) is 20.8. The number of thioether (sulfide) groups is 1. The van der Waals surface area contributed by atoms with Crippen LogP contribution in [0, 0.1) is 13.8 Å². The molecule has 1 fully saturated rings. The zero-order valence-electron chi connectivity index (χ0n) is 17.0. The minimum absolute atomic E-state index is 0.0836. The van der Waals surface area contributed by atoms with Gasteiger partial charge in [-0.2, -0.15) is 0 Å².